The van der Waals surface area contributed by atoms with Crippen LogP contribution in [-0.4, -0.2) is 44.0 Å². The number of aryl methyl sites for hydroxylation is 3. The fraction of sp³-hybridized carbons (Fsp3) is 0.550. The van der Waals surface area contributed by atoms with Gasteiger partial charge in [-0.3, -0.25) is 14.9 Å². The fourth-order valence-corrected chi connectivity index (χ4v) is 3.63. The SMILES string of the molecule is Cc1cc(C)c(NC(=O)C[NH+](C)CC(=O)NC(=O)NC2CCCC2)c(C)c1. The molecule has 4 amide bonds. The summed E-state index contributed by atoms with van der Waals surface area (Å²) in [6.07, 6.45) is 4.15. The first kappa shape index (κ1) is 20.9. The predicted molar refractivity (Wildman–Crippen MR) is 105 cm³/mol. The molecule has 7 nitrogen and oxygen atoms in total. The van der Waals surface area contributed by atoms with Crippen molar-refractivity contribution in [1.82, 2.24) is 10.6 Å². The lowest BCUT2D eigenvalue weighted by Crippen LogP contribution is -3.11. The summed E-state index contributed by atoms with van der Waals surface area (Å²) < 4.78 is 0. The molecule has 0 aliphatic heterocycles. The summed E-state index contributed by atoms with van der Waals surface area (Å²) in [5, 5.41) is 8.09. The third-order valence-corrected chi connectivity index (χ3v) is 4.81. The monoisotopic (exact) mass is 375 g/mol. The molecule has 0 spiro atoms. The van der Waals surface area contributed by atoms with E-state index in [1.807, 2.05) is 32.9 Å². The maximum absolute atomic E-state index is 12.3. The summed E-state index contributed by atoms with van der Waals surface area (Å²) in [6.45, 7) is 6.14. The van der Waals surface area contributed by atoms with Crippen LogP contribution in [-0.2, 0) is 9.59 Å². The van der Waals surface area contributed by atoms with Crippen molar-refractivity contribution in [3.63, 3.8) is 0 Å². The molecular formula is C20H31N4O3+. The summed E-state index contributed by atoms with van der Waals surface area (Å²) in [4.78, 5) is 36.8. The smallest absolute Gasteiger partial charge is 0.321 e. The molecule has 0 heterocycles. The highest BCUT2D eigenvalue weighted by molar-refractivity contribution is 5.95. The second-order valence-electron chi connectivity index (χ2n) is 7.64. The molecule has 1 unspecified atom stereocenters. The molecule has 2 rings (SSSR count). The number of nitrogens with one attached hydrogen (secondary N) is 4. The van der Waals surface area contributed by atoms with Crippen LogP contribution in [0.1, 0.15) is 42.4 Å². The van der Waals surface area contributed by atoms with Gasteiger partial charge in [-0.25, -0.2) is 4.79 Å². The first-order valence-electron chi connectivity index (χ1n) is 9.54. The number of quaternary nitrogens is 1. The van der Waals surface area contributed by atoms with Gasteiger partial charge >= 0.3 is 6.03 Å². The van der Waals surface area contributed by atoms with Crippen LogP contribution in [0.5, 0.6) is 0 Å². The predicted octanol–water partition coefficient (Wildman–Crippen LogP) is 0.833. The third kappa shape index (κ3) is 6.67. The van der Waals surface area contributed by atoms with Crippen molar-refractivity contribution in [2.75, 3.05) is 25.5 Å². The molecule has 0 bridgehead atoms. The highest BCUT2D eigenvalue weighted by Gasteiger charge is 2.20. The van der Waals surface area contributed by atoms with E-state index in [4.69, 9.17) is 0 Å². The standard InChI is InChI=1S/C20H30N4O3/c1-13-9-14(2)19(15(3)10-13)22-17(25)11-24(4)12-18(26)23-20(27)21-16-7-5-6-8-16/h9-10,16H,5-8,11-12H2,1-4H3,(H,22,25)(H2,21,23,26,27)/p+1. The Morgan fingerprint density at radius 2 is 1.56 bits per heavy atom. The molecule has 1 aliphatic rings. The van der Waals surface area contributed by atoms with E-state index in [2.05, 4.69) is 16.0 Å². The van der Waals surface area contributed by atoms with Crippen molar-refractivity contribution in [3.05, 3.63) is 28.8 Å². The zero-order valence-corrected chi connectivity index (χ0v) is 16.7. The van der Waals surface area contributed by atoms with Gasteiger partial charge in [-0.2, -0.15) is 0 Å². The third-order valence-electron chi connectivity index (χ3n) is 4.81. The lowest BCUT2D eigenvalue weighted by molar-refractivity contribution is -0.862. The molecule has 7 heteroatoms. The lowest BCUT2D eigenvalue weighted by Gasteiger charge is -2.16. The molecule has 1 aromatic carbocycles. The molecule has 0 aromatic heterocycles. The minimum atomic E-state index is -0.449. The highest BCUT2D eigenvalue weighted by atomic mass is 16.2. The van der Waals surface area contributed by atoms with Crippen LogP contribution in [0.15, 0.2) is 12.1 Å². The maximum Gasteiger partial charge on any atom is 0.321 e. The molecule has 4 N–H and O–H groups in total. The Morgan fingerprint density at radius 1 is 1.00 bits per heavy atom. The Balaban J connectivity index is 1.77. The number of anilines is 1. The van der Waals surface area contributed by atoms with Crippen LogP contribution in [0.25, 0.3) is 0 Å². The average Bonchev–Trinajstić information content (AvgIpc) is 3.03. The maximum atomic E-state index is 12.3. The summed E-state index contributed by atoms with van der Waals surface area (Å²) in [5.74, 6) is -0.552. The topological polar surface area (TPSA) is 91.7 Å². The van der Waals surface area contributed by atoms with Gasteiger partial charge in [0.05, 0.1) is 7.05 Å². The van der Waals surface area contributed by atoms with E-state index in [-0.39, 0.29) is 25.0 Å². The first-order valence-corrected chi connectivity index (χ1v) is 9.54. The molecule has 1 aliphatic carbocycles. The Bertz CT molecular complexity index is 688. The molecule has 148 valence electrons. The van der Waals surface area contributed by atoms with Gasteiger partial charge in [0.25, 0.3) is 11.8 Å². The lowest BCUT2D eigenvalue weighted by atomic mass is 10.1. The quantitative estimate of drug-likeness (QED) is 0.594. The number of amides is 4. The zero-order valence-electron chi connectivity index (χ0n) is 16.7. The second kappa shape index (κ2) is 9.50. The highest BCUT2D eigenvalue weighted by Crippen LogP contribution is 2.21. The van der Waals surface area contributed by atoms with Crippen molar-refractivity contribution >= 4 is 23.5 Å². The van der Waals surface area contributed by atoms with Gasteiger partial charge in [0.1, 0.15) is 0 Å². The number of imide groups is 1. The van der Waals surface area contributed by atoms with Crippen molar-refractivity contribution in [1.29, 1.82) is 0 Å². The van der Waals surface area contributed by atoms with Crippen LogP contribution in [0.4, 0.5) is 10.5 Å². The van der Waals surface area contributed by atoms with E-state index in [9.17, 15) is 14.4 Å². The van der Waals surface area contributed by atoms with Crippen LogP contribution in [0.2, 0.25) is 0 Å². The Kier molecular flexibility index (Phi) is 7.36. The fourth-order valence-electron chi connectivity index (χ4n) is 3.63. The molecule has 1 aromatic rings. The number of hydrogen-bond acceptors (Lipinski definition) is 3. The van der Waals surface area contributed by atoms with Crippen molar-refractivity contribution in [3.8, 4) is 0 Å². The van der Waals surface area contributed by atoms with Crippen molar-refractivity contribution < 1.29 is 19.3 Å². The van der Waals surface area contributed by atoms with Gasteiger partial charge in [-0.05, 0) is 44.7 Å². The van der Waals surface area contributed by atoms with Gasteiger partial charge in [0.15, 0.2) is 13.1 Å². The van der Waals surface area contributed by atoms with E-state index < -0.39 is 11.9 Å². The van der Waals surface area contributed by atoms with E-state index >= 15 is 0 Å². The van der Waals surface area contributed by atoms with Gasteiger partial charge in [0.2, 0.25) is 0 Å². The van der Waals surface area contributed by atoms with Gasteiger partial charge in [-0.15, -0.1) is 0 Å². The Hall–Kier alpha value is -2.41. The van der Waals surface area contributed by atoms with E-state index in [0.29, 0.717) is 4.90 Å². The number of likely N-dealkylation sites (N-methyl/N-ethyl adjacent to an activating group) is 1. The minimum absolute atomic E-state index is 0.0529. The van der Waals surface area contributed by atoms with Gasteiger partial charge in [0, 0.05) is 11.7 Å². The number of hydrogen-bond donors (Lipinski definition) is 4. The number of urea groups is 1. The minimum Gasteiger partial charge on any atom is -0.335 e. The van der Waals surface area contributed by atoms with Crippen LogP contribution >= 0.6 is 0 Å². The van der Waals surface area contributed by atoms with E-state index in [0.717, 1.165) is 48.1 Å². The summed E-state index contributed by atoms with van der Waals surface area (Å²) >= 11 is 0. The van der Waals surface area contributed by atoms with Crippen molar-refractivity contribution in [2.24, 2.45) is 0 Å². The molecule has 27 heavy (non-hydrogen) atoms. The molecular weight excluding hydrogens is 344 g/mol. The molecule has 1 atom stereocenters. The van der Waals surface area contributed by atoms with Gasteiger partial charge < -0.3 is 15.5 Å². The van der Waals surface area contributed by atoms with Crippen LogP contribution in [0.3, 0.4) is 0 Å². The zero-order chi connectivity index (χ0) is 20.0. The normalized spacial score (nSPS) is 15.3. The number of carbonyl (C=O) groups excluding carboxylic acids is 3. The summed E-state index contributed by atoms with van der Waals surface area (Å²) in [7, 11) is 1.75. The second-order valence-corrected chi connectivity index (χ2v) is 7.64. The number of rotatable bonds is 6. The summed E-state index contributed by atoms with van der Waals surface area (Å²) in [6, 6.07) is 3.76. The van der Waals surface area contributed by atoms with E-state index in [1.165, 1.54) is 0 Å². The Labute approximate surface area is 160 Å². The molecule has 1 fully saturated rings. The Morgan fingerprint density at radius 3 is 2.15 bits per heavy atom. The first-order chi connectivity index (χ1) is 12.7. The molecule has 1 saturated carbocycles. The van der Waals surface area contributed by atoms with Crippen molar-refractivity contribution in [2.45, 2.75) is 52.5 Å². The number of benzene rings is 1. The largest absolute Gasteiger partial charge is 0.335 e. The summed E-state index contributed by atoms with van der Waals surface area (Å²) in [5.41, 5.74) is 4.00. The van der Waals surface area contributed by atoms with E-state index in [1.54, 1.807) is 7.05 Å². The molecule has 0 radical (unpaired) electrons. The number of carbonyl (C=O) groups is 3. The molecule has 0 saturated heterocycles. The van der Waals surface area contributed by atoms with Crippen LogP contribution in [0, 0.1) is 20.8 Å². The van der Waals surface area contributed by atoms with Gasteiger partial charge in [-0.1, -0.05) is 30.5 Å². The average molecular weight is 375 g/mol. The van der Waals surface area contributed by atoms with Crippen LogP contribution < -0.4 is 20.9 Å².